The molecule has 1 amide bonds. The second-order valence-electron chi connectivity index (χ2n) is 5.17. The number of carbonyl (C=O) groups excluding carboxylic acids is 1. The maximum absolute atomic E-state index is 12.5. The summed E-state index contributed by atoms with van der Waals surface area (Å²) >= 11 is 0. The molecule has 0 unspecified atom stereocenters. The van der Waals surface area contributed by atoms with Crippen molar-refractivity contribution < 1.29 is 4.79 Å². The van der Waals surface area contributed by atoms with Crippen LogP contribution in [-0.4, -0.2) is 35.4 Å². The lowest BCUT2D eigenvalue weighted by molar-refractivity contribution is -0.136. The summed E-state index contributed by atoms with van der Waals surface area (Å²) in [6, 6.07) is 5.97. The van der Waals surface area contributed by atoms with Crippen molar-refractivity contribution in [3.8, 4) is 0 Å². The summed E-state index contributed by atoms with van der Waals surface area (Å²) in [5.41, 5.74) is 1.97. The van der Waals surface area contributed by atoms with Gasteiger partial charge in [-0.25, -0.2) is 0 Å². The lowest BCUT2D eigenvalue weighted by Gasteiger charge is -2.28. The van der Waals surface area contributed by atoms with Crippen LogP contribution in [0.15, 0.2) is 18.2 Å². The molecule has 1 aliphatic rings. The first-order valence-corrected chi connectivity index (χ1v) is 7.12. The van der Waals surface area contributed by atoms with Gasteiger partial charge in [0.05, 0.1) is 18.2 Å². The first-order chi connectivity index (χ1) is 9.20. The Hall–Kier alpha value is -1.42. The van der Waals surface area contributed by atoms with E-state index in [0.29, 0.717) is 6.54 Å². The molecular formula is C15H23N3O. The average Bonchev–Trinajstić information content (AvgIpc) is 2.45. The van der Waals surface area contributed by atoms with E-state index >= 15 is 0 Å². The zero-order valence-corrected chi connectivity index (χ0v) is 11.9. The van der Waals surface area contributed by atoms with Crippen LogP contribution in [0.3, 0.4) is 0 Å². The first kappa shape index (κ1) is 14.0. The van der Waals surface area contributed by atoms with Crippen molar-refractivity contribution in [2.45, 2.75) is 33.2 Å². The summed E-state index contributed by atoms with van der Waals surface area (Å²) in [6.07, 6.45) is 2.10. The van der Waals surface area contributed by atoms with Gasteiger partial charge in [0.1, 0.15) is 0 Å². The Labute approximate surface area is 115 Å². The van der Waals surface area contributed by atoms with Gasteiger partial charge in [-0.1, -0.05) is 6.07 Å². The Balaban J connectivity index is 2.00. The Morgan fingerprint density at radius 3 is 3.00 bits per heavy atom. The van der Waals surface area contributed by atoms with Crippen molar-refractivity contribution in [2.24, 2.45) is 5.92 Å². The van der Waals surface area contributed by atoms with Crippen LogP contribution >= 0.6 is 0 Å². The summed E-state index contributed by atoms with van der Waals surface area (Å²) in [4.78, 5) is 18.9. The molecule has 0 bridgehead atoms. The van der Waals surface area contributed by atoms with E-state index in [1.165, 1.54) is 0 Å². The Morgan fingerprint density at radius 2 is 2.37 bits per heavy atom. The fourth-order valence-electron chi connectivity index (χ4n) is 2.55. The van der Waals surface area contributed by atoms with Crippen LogP contribution in [0.5, 0.6) is 0 Å². The van der Waals surface area contributed by atoms with Crippen molar-refractivity contribution in [1.82, 2.24) is 15.2 Å². The molecule has 1 aliphatic heterocycles. The van der Waals surface area contributed by atoms with E-state index in [-0.39, 0.29) is 11.8 Å². The van der Waals surface area contributed by atoms with E-state index in [0.717, 1.165) is 43.9 Å². The molecule has 4 heteroatoms. The minimum absolute atomic E-state index is 0.138. The second-order valence-corrected chi connectivity index (χ2v) is 5.17. The third-order valence-corrected chi connectivity index (χ3v) is 3.64. The monoisotopic (exact) mass is 261 g/mol. The summed E-state index contributed by atoms with van der Waals surface area (Å²) in [7, 11) is 0. The predicted molar refractivity (Wildman–Crippen MR) is 75.7 cm³/mol. The van der Waals surface area contributed by atoms with Crippen LogP contribution in [0.25, 0.3) is 0 Å². The fraction of sp³-hybridized carbons (Fsp3) is 0.600. The standard InChI is InChI=1S/C15H23N3O/c1-3-18(11-14-8-4-6-12(2)17-14)15(19)13-7-5-9-16-10-13/h4,6,8,13,16H,3,5,7,9-11H2,1-2H3/t13-/m0/s1. The molecule has 1 fully saturated rings. The number of piperidine rings is 1. The largest absolute Gasteiger partial charge is 0.337 e. The van der Waals surface area contributed by atoms with E-state index in [4.69, 9.17) is 0 Å². The molecule has 4 nitrogen and oxygen atoms in total. The van der Waals surface area contributed by atoms with Crippen LogP contribution in [0.1, 0.15) is 31.2 Å². The molecule has 1 aromatic heterocycles. The van der Waals surface area contributed by atoms with Gasteiger partial charge < -0.3 is 10.2 Å². The van der Waals surface area contributed by atoms with Gasteiger partial charge in [-0.2, -0.15) is 0 Å². The Morgan fingerprint density at radius 1 is 1.53 bits per heavy atom. The maximum Gasteiger partial charge on any atom is 0.227 e. The van der Waals surface area contributed by atoms with Gasteiger partial charge >= 0.3 is 0 Å². The molecule has 0 saturated carbocycles. The first-order valence-electron chi connectivity index (χ1n) is 7.12. The van der Waals surface area contributed by atoms with Crippen LogP contribution in [0.2, 0.25) is 0 Å². The number of nitrogens with one attached hydrogen (secondary N) is 1. The maximum atomic E-state index is 12.5. The van der Waals surface area contributed by atoms with Gasteiger partial charge in [-0.3, -0.25) is 9.78 Å². The van der Waals surface area contributed by atoms with Gasteiger partial charge in [-0.05, 0) is 45.4 Å². The van der Waals surface area contributed by atoms with Crippen molar-refractivity contribution in [1.29, 1.82) is 0 Å². The number of hydrogen-bond donors (Lipinski definition) is 1. The number of hydrogen-bond acceptors (Lipinski definition) is 3. The molecule has 1 aromatic rings. The van der Waals surface area contributed by atoms with Crippen molar-refractivity contribution in [2.75, 3.05) is 19.6 Å². The summed E-state index contributed by atoms with van der Waals surface area (Å²) in [6.45, 7) is 7.22. The molecule has 104 valence electrons. The van der Waals surface area contributed by atoms with Crippen LogP contribution < -0.4 is 5.32 Å². The van der Waals surface area contributed by atoms with Crippen LogP contribution in [0.4, 0.5) is 0 Å². The Bertz CT molecular complexity index is 427. The van der Waals surface area contributed by atoms with Crippen LogP contribution in [-0.2, 0) is 11.3 Å². The van der Waals surface area contributed by atoms with E-state index in [9.17, 15) is 4.79 Å². The third-order valence-electron chi connectivity index (χ3n) is 3.64. The number of rotatable bonds is 4. The molecule has 0 spiro atoms. The highest BCUT2D eigenvalue weighted by atomic mass is 16.2. The highest BCUT2D eigenvalue weighted by molar-refractivity contribution is 5.79. The van der Waals surface area contributed by atoms with Crippen molar-refractivity contribution in [3.63, 3.8) is 0 Å². The van der Waals surface area contributed by atoms with Gasteiger partial charge in [0.25, 0.3) is 0 Å². The number of pyridine rings is 1. The van der Waals surface area contributed by atoms with Gasteiger partial charge in [-0.15, -0.1) is 0 Å². The average molecular weight is 261 g/mol. The zero-order valence-electron chi connectivity index (χ0n) is 11.9. The zero-order chi connectivity index (χ0) is 13.7. The molecule has 1 saturated heterocycles. The number of carbonyl (C=O) groups is 1. The highest BCUT2D eigenvalue weighted by Crippen LogP contribution is 2.15. The van der Waals surface area contributed by atoms with E-state index < -0.39 is 0 Å². The quantitative estimate of drug-likeness (QED) is 0.898. The number of nitrogens with zero attached hydrogens (tertiary/aromatic N) is 2. The molecule has 0 aromatic carbocycles. The normalized spacial score (nSPS) is 19.2. The molecule has 1 N–H and O–H groups in total. The predicted octanol–water partition coefficient (Wildman–Crippen LogP) is 1.74. The Kier molecular flexibility index (Phi) is 4.91. The minimum Gasteiger partial charge on any atom is -0.337 e. The van der Waals surface area contributed by atoms with Crippen molar-refractivity contribution in [3.05, 3.63) is 29.6 Å². The van der Waals surface area contributed by atoms with E-state index in [1.807, 2.05) is 36.9 Å². The molecular weight excluding hydrogens is 238 g/mol. The summed E-state index contributed by atoms with van der Waals surface area (Å²) in [5, 5.41) is 3.30. The topological polar surface area (TPSA) is 45.2 Å². The summed E-state index contributed by atoms with van der Waals surface area (Å²) in [5.74, 6) is 0.400. The lowest BCUT2D eigenvalue weighted by atomic mass is 9.98. The number of aromatic nitrogens is 1. The molecule has 2 heterocycles. The molecule has 0 radical (unpaired) electrons. The van der Waals surface area contributed by atoms with Gasteiger partial charge in [0, 0.05) is 18.8 Å². The van der Waals surface area contributed by atoms with Crippen LogP contribution in [0, 0.1) is 12.8 Å². The number of amides is 1. The lowest BCUT2D eigenvalue weighted by Crippen LogP contribution is -2.42. The van der Waals surface area contributed by atoms with E-state index in [2.05, 4.69) is 10.3 Å². The van der Waals surface area contributed by atoms with Gasteiger partial charge in [0.2, 0.25) is 5.91 Å². The number of aryl methyl sites for hydroxylation is 1. The molecule has 1 atom stereocenters. The van der Waals surface area contributed by atoms with Gasteiger partial charge in [0.15, 0.2) is 0 Å². The molecule has 2 rings (SSSR count). The minimum atomic E-state index is 0.138. The molecule has 0 aliphatic carbocycles. The van der Waals surface area contributed by atoms with E-state index in [1.54, 1.807) is 0 Å². The third kappa shape index (κ3) is 3.77. The SMILES string of the molecule is CCN(Cc1cccc(C)n1)C(=O)[C@H]1CCCNC1. The second kappa shape index (κ2) is 6.66. The summed E-state index contributed by atoms with van der Waals surface area (Å²) < 4.78 is 0. The smallest absolute Gasteiger partial charge is 0.227 e. The fourth-order valence-corrected chi connectivity index (χ4v) is 2.55. The van der Waals surface area contributed by atoms with Crippen molar-refractivity contribution >= 4 is 5.91 Å². The molecule has 19 heavy (non-hydrogen) atoms. The highest BCUT2D eigenvalue weighted by Gasteiger charge is 2.25.